The van der Waals surface area contributed by atoms with E-state index in [2.05, 4.69) is 25.4 Å². The number of carbonyl (C=O) groups excluding carboxylic acids is 1. The van der Waals surface area contributed by atoms with Crippen molar-refractivity contribution in [2.45, 2.75) is 6.92 Å². The summed E-state index contributed by atoms with van der Waals surface area (Å²) in [5.41, 5.74) is 10.4. The highest BCUT2D eigenvalue weighted by atomic mass is 16.7. The number of rotatable bonds is 3. The number of hydrogen-bond acceptors (Lipinski definition) is 7. The average molecular weight is 337 g/mol. The number of aromatic nitrogens is 2. The molecule has 8 nitrogen and oxygen atoms in total. The van der Waals surface area contributed by atoms with Gasteiger partial charge in [-0.1, -0.05) is 35.9 Å². The summed E-state index contributed by atoms with van der Waals surface area (Å²) in [5.74, 6) is -0.451. The largest absolute Gasteiger partial charge is 0.379 e. The molecule has 126 valence electrons. The van der Waals surface area contributed by atoms with Crippen LogP contribution in [0, 0.1) is 6.92 Å². The van der Waals surface area contributed by atoms with Crippen molar-refractivity contribution < 1.29 is 14.3 Å². The summed E-state index contributed by atoms with van der Waals surface area (Å²) in [5, 5.41) is 7.19. The Morgan fingerprint density at radius 3 is 2.48 bits per heavy atom. The molecule has 0 aliphatic carbocycles. The van der Waals surface area contributed by atoms with Crippen LogP contribution >= 0.6 is 0 Å². The molecule has 0 fully saturated rings. The van der Waals surface area contributed by atoms with Crippen LogP contribution in [0.25, 0.3) is 0 Å². The minimum atomic E-state index is -0.577. The second-order valence-corrected chi connectivity index (χ2v) is 5.15. The molecule has 8 heteroatoms. The van der Waals surface area contributed by atoms with Gasteiger partial charge in [-0.2, -0.15) is 5.48 Å². The first-order valence-corrected chi connectivity index (χ1v) is 7.39. The van der Waals surface area contributed by atoms with Crippen LogP contribution < -0.4 is 11.2 Å². The smallest absolute Gasteiger partial charge is 0.362 e. The highest BCUT2D eigenvalue weighted by molar-refractivity contribution is 6.02. The molecule has 0 saturated carbocycles. The first-order valence-electron chi connectivity index (χ1n) is 7.39. The van der Waals surface area contributed by atoms with Gasteiger partial charge in [0.2, 0.25) is 0 Å². The number of hydroxylamine groups is 1. The molecule has 1 aromatic heterocycles. The second-order valence-electron chi connectivity index (χ2n) is 5.15. The fraction of sp³-hybridized carbons (Fsp3) is 0.0588. The average Bonchev–Trinajstić information content (AvgIpc) is 3.06. The van der Waals surface area contributed by atoms with Gasteiger partial charge in [0.15, 0.2) is 17.3 Å². The second kappa shape index (κ2) is 7.26. The SMILES string of the molecule is Cc1ccc(N=C(NOC(=O)c2ccccc2)c2nonc2N)cc1. The van der Waals surface area contributed by atoms with Crippen LogP contribution in [0.2, 0.25) is 0 Å². The lowest BCUT2D eigenvalue weighted by Gasteiger charge is -2.08. The third-order valence-corrected chi connectivity index (χ3v) is 3.26. The van der Waals surface area contributed by atoms with Crippen molar-refractivity contribution in [1.29, 1.82) is 0 Å². The number of anilines is 1. The predicted octanol–water partition coefficient (Wildman–Crippen LogP) is 2.40. The monoisotopic (exact) mass is 337 g/mol. The summed E-state index contributed by atoms with van der Waals surface area (Å²) < 4.78 is 4.59. The van der Waals surface area contributed by atoms with Gasteiger partial charge >= 0.3 is 5.97 Å². The highest BCUT2D eigenvalue weighted by Gasteiger charge is 2.17. The maximum Gasteiger partial charge on any atom is 0.362 e. The van der Waals surface area contributed by atoms with E-state index >= 15 is 0 Å². The van der Waals surface area contributed by atoms with Crippen molar-refractivity contribution in [3.05, 3.63) is 71.4 Å². The van der Waals surface area contributed by atoms with Gasteiger partial charge in [-0.25, -0.2) is 14.4 Å². The Kier molecular flexibility index (Phi) is 4.70. The van der Waals surface area contributed by atoms with Crippen LogP contribution in [0.1, 0.15) is 21.6 Å². The first kappa shape index (κ1) is 16.2. The van der Waals surface area contributed by atoms with Crippen LogP contribution in [0.5, 0.6) is 0 Å². The quantitative estimate of drug-likeness (QED) is 0.428. The van der Waals surface area contributed by atoms with E-state index in [0.29, 0.717) is 11.3 Å². The van der Waals surface area contributed by atoms with Crippen molar-refractivity contribution in [3.63, 3.8) is 0 Å². The first-order chi connectivity index (χ1) is 12.1. The summed E-state index contributed by atoms with van der Waals surface area (Å²) in [6, 6.07) is 15.9. The zero-order valence-corrected chi connectivity index (χ0v) is 13.3. The zero-order valence-electron chi connectivity index (χ0n) is 13.3. The number of amidine groups is 1. The molecule has 2 aromatic carbocycles. The molecule has 0 unspecified atom stereocenters. The van der Waals surface area contributed by atoms with Gasteiger partial charge in [-0.05, 0) is 41.5 Å². The van der Waals surface area contributed by atoms with Crippen molar-refractivity contribution >= 4 is 23.3 Å². The number of aliphatic imine (C=N–C) groups is 1. The molecule has 0 aliphatic rings. The number of hydrogen-bond donors (Lipinski definition) is 2. The Morgan fingerprint density at radius 2 is 1.84 bits per heavy atom. The van der Waals surface area contributed by atoms with E-state index < -0.39 is 5.97 Å². The van der Waals surface area contributed by atoms with Crippen molar-refractivity contribution in [2.24, 2.45) is 4.99 Å². The molecule has 3 aromatic rings. The molecule has 0 amide bonds. The summed E-state index contributed by atoms with van der Waals surface area (Å²) in [7, 11) is 0. The number of nitrogens with one attached hydrogen (secondary N) is 1. The number of aryl methyl sites for hydroxylation is 1. The number of carbonyl (C=O) groups is 1. The minimum Gasteiger partial charge on any atom is -0.379 e. The summed E-state index contributed by atoms with van der Waals surface area (Å²) in [6.45, 7) is 1.97. The molecule has 0 aliphatic heterocycles. The number of nitrogen functional groups attached to an aromatic ring is 1. The van der Waals surface area contributed by atoms with Crippen molar-refractivity contribution in [1.82, 2.24) is 15.8 Å². The third-order valence-electron chi connectivity index (χ3n) is 3.26. The molecule has 0 bridgehead atoms. The third kappa shape index (κ3) is 3.99. The lowest BCUT2D eigenvalue weighted by molar-refractivity contribution is 0.0387. The molecular formula is C17H15N5O3. The van der Waals surface area contributed by atoms with Gasteiger partial charge in [-0.3, -0.25) is 0 Å². The number of nitrogens with zero attached hydrogens (tertiary/aromatic N) is 3. The van der Waals surface area contributed by atoms with Gasteiger partial charge in [0, 0.05) is 0 Å². The van der Waals surface area contributed by atoms with Gasteiger partial charge in [-0.15, -0.1) is 0 Å². The molecule has 0 spiro atoms. The standard InChI is InChI=1S/C17H15N5O3/c1-11-7-9-13(10-8-11)19-16(14-15(18)21-25-20-14)22-24-17(23)12-5-3-2-4-6-12/h2-10H,1H3,(H2,18,21)(H,19,22). The number of benzene rings is 2. The van der Waals surface area contributed by atoms with E-state index in [0.717, 1.165) is 5.56 Å². The summed E-state index contributed by atoms with van der Waals surface area (Å²) in [4.78, 5) is 21.5. The number of nitrogens with two attached hydrogens (primary N) is 1. The molecule has 0 atom stereocenters. The molecule has 25 heavy (non-hydrogen) atoms. The van der Waals surface area contributed by atoms with E-state index in [9.17, 15) is 4.79 Å². The van der Waals surface area contributed by atoms with Gasteiger partial charge in [0.05, 0.1) is 11.3 Å². The van der Waals surface area contributed by atoms with Crippen LogP contribution in [0.4, 0.5) is 11.5 Å². The minimum absolute atomic E-state index is 0.0223. The Morgan fingerprint density at radius 1 is 1.12 bits per heavy atom. The highest BCUT2D eigenvalue weighted by Crippen LogP contribution is 2.15. The normalized spacial score (nSPS) is 11.2. The topological polar surface area (TPSA) is 116 Å². The lowest BCUT2D eigenvalue weighted by atomic mass is 10.2. The fourth-order valence-electron chi connectivity index (χ4n) is 1.96. The zero-order chi connectivity index (χ0) is 17.6. The summed E-state index contributed by atoms with van der Waals surface area (Å²) >= 11 is 0. The maximum absolute atomic E-state index is 12.1. The molecule has 0 radical (unpaired) electrons. The van der Waals surface area contributed by atoms with Crippen molar-refractivity contribution in [3.8, 4) is 0 Å². The van der Waals surface area contributed by atoms with E-state index in [4.69, 9.17) is 10.6 Å². The Balaban J connectivity index is 1.83. The van der Waals surface area contributed by atoms with Crippen LogP contribution in [0.15, 0.2) is 64.2 Å². The Bertz CT molecular complexity index is 888. The Labute approximate surface area is 143 Å². The molecule has 0 saturated heterocycles. The van der Waals surface area contributed by atoms with Crippen LogP contribution in [0.3, 0.4) is 0 Å². The van der Waals surface area contributed by atoms with Gasteiger partial charge in [0.1, 0.15) is 0 Å². The fourth-order valence-corrected chi connectivity index (χ4v) is 1.96. The van der Waals surface area contributed by atoms with E-state index in [1.807, 2.05) is 19.1 Å². The van der Waals surface area contributed by atoms with E-state index in [1.54, 1.807) is 42.5 Å². The Hall–Kier alpha value is -3.68. The van der Waals surface area contributed by atoms with Crippen molar-refractivity contribution in [2.75, 3.05) is 5.73 Å². The lowest BCUT2D eigenvalue weighted by Crippen LogP contribution is -2.29. The molecule has 1 heterocycles. The van der Waals surface area contributed by atoms with Crippen LogP contribution in [-0.4, -0.2) is 22.1 Å². The molecule has 3 rings (SSSR count). The summed E-state index contributed by atoms with van der Waals surface area (Å²) in [6.07, 6.45) is 0. The van der Waals surface area contributed by atoms with E-state index in [-0.39, 0.29) is 17.3 Å². The molecular weight excluding hydrogens is 322 g/mol. The molecule has 3 N–H and O–H groups in total. The maximum atomic E-state index is 12.1. The van der Waals surface area contributed by atoms with Crippen LogP contribution in [-0.2, 0) is 4.84 Å². The van der Waals surface area contributed by atoms with Gasteiger partial charge in [0.25, 0.3) is 0 Å². The predicted molar refractivity (Wildman–Crippen MR) is 91.1 cm³/mol. The van der Waals surface area contributed by atoms with Gasteiger partial charge < -0.3 is 10.6 Å². The van der Waals surface area contributed by atoms with E-state index in [1.165, 1.54) is 0 Å².